The highest BCUT2D eigenvalue weighted by Gasteiger charge is 2.03. The summed E-state index contributed by atoms with van der Waals surface area (Å²) in [7, 11) is 0. The molecule has 1 rings (SSSR count). The van der Waals surface area contributed by atoms with E-state index in [-0.39, 0.29) is 0 Å². The standard InChI is InChI=1S/C11H21N3/c1-4-5-6-12-7-11-8-13-9-14(11)10(2)3/h8-10,12H,4-7H2,1-3H3. The molecule has 0 aliphatic heterocycles. The van der Waals surface area contributed by atoms with Crippen LogP contribution in [0.4, 0.5) is 0 Å². The van der Waals surface area contributed by atoms with Crippen LogP contribution in [0.15, 0.2) is 12.5 Å². The molecule has 1 aromatic heterocycles. The summed E-state index contributed by atoms with van der Waals surface area (Å²) in [6.45, 7) is 8.59. The molecule has 14 heavy (non-hydrogen) atoms. The van der Waals surface area contributed by atoms with Crippen LogP contribution in [0.2, 0.25) is 0 Å². The number of rotatable bonds is 6. The van der Waals surface area contributed by atoms with Crippen molar-refractivity contribution in [2.24, 2.45) is 0 Å². The van der Waals surface area contributed by atoms with E-state index in [2.05, 4.69) is 35.6 Å². The Labute approximate surface area is 86.5 Å². The zero-order valence-corrected chi connectivity index (χ0v) is 9.45. The second kappa shape index (κ2) is 5.81. The molecule has 0 atom stereocenters. The van der Waals surface area contributed by atoms with Crippen molar-refractivity contribution in [3.05, 3.63) is 18.2 Å². The third kappa shape index (κ3) is 3.14. The predicted octanol–water partition coefficient (Wildman–Crippen LogP) is 2.35. The number of hydrogen-bond acceptors (Lipinski definition) is 2. The van der Waals surface area contributed by atoms with E-state index in [0.29, 0.717) is 6.04 Å². The molecule has 0 unspecified atom stereocenters. The normalized spacial score (nSPS) is 11.1. The highest BCUT2D eigenvalue weighted by atomic mass is 15.1. The van der Waals surface area contributed by atoms with Crippen LogP contribution in [0.3, 0.4) is 0 Å². The fourth-order valence-corrected chi connectivity index (χ4v) is 1.45. The molecule has 80 valence electrons. The van der Waals surface area contributed by atoms with E-state index in [4.69, 9.17) is 0 Å². The lowest BCUT2D eigenvalue weighted by Gasteiger charge is -2.11. The SMILES string of the molecule is CCCCNCc1cncn1C(C)C. The molecule has 1 N–H and O–H groups in total. The van der Waals surface area contributed by atoms with Crippen LogP contribution in [-0.4, -0.2) is 16.1 Å². The van der Waals surface area contributed by atoms with E-state index >= 15 is 0 Å². The summed E-state index contributed by atoms with van der Waals surface area (Å²) in [5.41, 5.74) is 1.27. The molecule has 0 spiro atoms. The number of nitrogens with one attached hydrogen (secondary N) is 1. The Morgan fingerprint density at radius 1 is 1.50 bits per heavy atom. The van der Waals surface area contributed by atoms with E-state index in [9.17, 15) is 0 Å². The van der Waals surface area contributed by atoms with Gasteiger partial charge in [-0.1, -0.05) is 13.3 Å². The Morgan fingerprint density at radius 3 is 2.93 bits per heavy atom. The van der Waals surface area contributed by atoms with Gasteiger partial charge in [-0.2, -0.15) is 0 Å². The first-order chi connectivity index (χ1) is 6.75. The molecule has 0 saturated heterocycles. The van der Waals surface area contributed by atoms with Crippen molar-refractivity contribution in [3.8, 4) is 0 Å². The largest absolute Gasteiger partial charge is 0.331 e. The minimum absolute atomic E-state index is 0.500. The van der Waals surface area contributed by atoms with Crippen molar-refractivity contribution in [1.82, 2.24) is 14.9 Å². The van der Waals surface area contributed by atoms with Gasteiger partial charge in [0, 0.05) is 18.8 Å². The van der Waals surface area contributed by atoms with Crippen LogP contribution in [0.25, 0.3) is 0 Å². The number of nitrogens with zero attached hydrogens (tertiary/aromatic N) is 2. The molecule has 0 bridgehead atoms. The zero-order valence-electron chi connectivity index (χ0n) is 9.45. The molecule has 0 saturated carbocycles. The highest BCUT2D eigenvalue weighted by molar-refractivity contribution is 4.99. The smallest absolute Gasteiger partial charge is 0.0951 e. The summed E-state index contributed by atoms with van der Waals surface area (Å²) in [6, 6.07) is 0.500. The van der Waals surface area contributed by atoms with E-state index in [1.54, 1.807) is 0 Å². The van der Waals surface area contributed by atoms with Crippen LogP contribution in [-0.2, 0) is 6.54 Å². The maximum atomic E-state index is 4.17. The van der Waals surface area contributed by atoms with Crippen LogP contribution in [0, 0.1) is 0 Å². The topological polar surface area (TPSA) is 29.9 Å². The van der Waals surface area contributed by atoms with Gasteiger partial charge < -0.3 is 9.88 Å². The van der Waals surface area contributed by atoms with E-state index in [1.807, 2.05) is 12.5 Å². The Hall–Kier alpha value is -0.830. The lowest BCUT2D eigenvalue weighted by atomic mass is 10.3. The van der Waals surface area contributed by atoms with Crippen LogP contribution in [0.1, 0.15) is 45.3 Å². The number of aromatic nitrogens is 2. The molecule has 3 heteroatoms. The molecule has 0 amide bonds. The van der Waals surface area contributed by atoms with Gasteiger partial charge in [-0.25, -0.2) is 4.98 Å². The molecular weight excluding hydrogens is 174 g/mol. The van der Waals surface area contributed by atoms with Crippen LogP contribution >= 0.6 is 0 Å². The summed E-state index contributed by atoms with van der Waals surface area (Å²) < 4.78 is 2.21. The molecule has 0 aromatic carbocycles. The third-order valence-electron chi connectivity index (χ3n) is 2.32. The Bertz CT molecular complexity index is 253. The van der Waals surface area contributed by atoms with Crippen LogP contribution in [0.5, 0.6) is 0 Å². The lowest BCUT2D eigenvalue weighted by Crippen LogP contribution is -2.17. The molecule has 3 nitrogen and oxygen atoms in total. The quantitative estimate of drug-likeness (QED) is 0.706. The highest BCUT2D eigenvalue weighted by Crippen LogP contribution is 2.08. The summed E-state index contributed by atoms with van der Waals surface area (Å²) in [6.07, 6.45) is 6.34. The van der Waals surface area contributed by atoms with Gasteiger partial charge in [0.2, 0.25) is 0 Å². The zero-order chi connectivity index (χ0) is 10.4. The summed E-state index contributed by atoms with van der Waals surface area (Å²) in [5.74, 6) is 0. The molecular formula is C11H21N3. The van der Waals surface area contributed by atoms with Gasteiger partial charge in [-0.05, 0) is 26.8 Å². The van der Waals surface area contributed by atoms with Crippen molar-refractivity contribution in [2.75, 3.05) is 6.54 Å². The summed E-state index contributed by atoms with van der Waals surface area (Å²) in [4.78, 5) is 4.17. The molecule has 0 fully saturated rings. The van der Waals surface area contributed by atoms with Gasteiger partial charge >= 0.3 is 0 Å². The summed E-state index contributed by atoms with van der Waals surface area (Å²) in [5, 5.41) is 3.42. The first-order valence-corrected chi connectivity index (χ1v) is 5.47. The van der Waals surface area contributed by atoms with Crippen molar-refractivity contribution < 1.29 is 0 Å². The van der Waals surface area contributed by atoms with Gasteiger partial charge in [0.05, 0.1) is 12.0 Å². The molecule has 0 aliphatic carbocycles. The maximum Gasteiger partial charge on any atom is 0.0951 e. The molecule has 0 radical (unpaired) electrons. The number of imidazole rings is 1. The first kappa shape index (κ1) is 11.2. The predicted molar refractivity (Wildman–Crippen MR) is 59.2 cm³/mol. The van der Waals surface area contributed by atoms with E-state index in [0.717, 1.165) is 13.1 Å². The fourth-order valence-electron chi connectivity index (χ4n) is 1.45. The summed E-state index contributed by atoms with van der Waals surface area (Å²) >= 11 is 0. The monoisotopic (exact) mass is 195 g/mol. The first-order valence-electron chi connectivity index (χ1n) is 5.47. The van der Waals surface area contributed by atoms with Gasteiger partial charge in [0.15, 0.2) is 0 Å². The Kier molecular flexibility index (Phi) is 4.66. The Balaban J connectivity index is 2.38. The third-order valence-corrected chi connectivity index (χ3v) is 2.32. The van der Waals surface area contributed by atoms with Gasteiger partial charge in [-0.3, -0.25) is 0 Å². The molecule has 1 heterocycles. The van der Waals surface area contributed by atoms with Gasteiger partial charge in [0.25, 0.3) is 0 Å². The maximum absolute atomic E-state index is 4.17. The average Bonchev–Trinajstić information content (AvgIpc) is 2.60. The van der Waals surface area contributed by atoms with E-state index in [1.165, 1.54) is 18.5 Å². The Morgan fingerprint density at radius 2 is 2.29 bits per heavy atom. The van der Waals surface area contributed by atoms with Crippen molar-refractivity contribution in [3.63, 3.8) is 0 Å². The molecule has 0 aliphatic rings. The van der Waals surface area contributed by atoms with Crippen LogP contribution < -0.4 is 5.32 Å². The second-order valence-corrected chi connectivity index (χ2v) is 3.92. The molecule has 1 aromatic rings. The number of unbranched alkanes of at least 4 members (excludes halogenated alkanes) is 1. The fraction of sp³-hybridized carbons (Fsp3) is 0.727. The number of hydrogen-bond donors (Lipinski definition) is 1. The lowest BCUT2D eigenvalue weighted by molar-refractivity contribution is 0.545. The minimum Gasteiger partial charge on any atom is -0.331 e. The van der Waals surface area contributed by atoms with E-state index < -0.39 is 0 Å². The second-order valence-electron chi connectivity index (χ2n) is 3.92. The van der Waals surface area contributed by atoms with Crippen molar-refractivity contribution in [1.29, 1.82) is 0 Å². The van der Waals surface area contributed by atoms with Gasteiger partial charge in [0.1, 0.15) is 0 Å². The van der Waals surface area contributed by atoms with Crippen molar-refractivity contribution in [2.45, 2.75) is 46.2 Å². The average molecular weight is 195 g/mol. The van der Waals surface area contributed by atoms with Crippen molar-refractivity contribution >= 4 is 0 Å². The van der Waals surface area contributed by atoms with Gasteiger partial charge in [-0.15, -0.1) is 0 Å². The minimum atomic E-state index is 0.500.